The Morgan fingerprint density at radius 3 is 1.94 bits per heavy atom. The Kier molecular flexibility index (Phi) is 8.04. The predicted molar refractivity (Wildman–Crippen MR) is 70.6 cm³/mol. The molecule has 0 bridgehead atoms. The first kappa shape index (κ1) is 16.1. The van der Waals surface area contributed by atoms with Crippen molar-refractivity contribution in [3.05, 3.63) is 0 Å². The lowest BCUT2D eigenvalue weighted by molar-refractivity contribution is -0.129. The first-order valence-electron chi connectivity index (χ1n) is 6.87. The van der Waals surface area contributed by atoms with Crippen LogP contribution in [0.15, 0.2) is 0 Å². The highest BCUT2D eigenvalue weighted by atomic mass is 28.4. The van der Waals surface area contributed by atoms with Gasteiger partial charge in [0, 0.05) is 32.5 Å². The zero-order valence-electron chi connectivity index (χ0n) is 11.8. The quantitative estimate of drug-likeness (QED) is 0.426. The van der Waals surface area contributed by atoms with Gasteiger partial charge in [0.1, 0.15) is 6.10 Å². The van der Waals surface area contributed by atoms with Crippen molar-refractivity contribution in [2.45, 2.75) is 39.3 Å². The van der Waals surface area contributed by atoms with Gasteiger partial charge >= 0.3 is 8.80 Å². The Balaban J connectivity index is 2.27. The predicted octanol–water partition coefficient (Wildman–Crippen LogP) is 1.84. The average Bonchev–Trinajstić information content (AvgIpc) is 2.27. The van der Waals surface area contributed by atoms with Crippen molar-refractivity contribution in [1.29, 1.82) is 0 Å². The highest BCUT2D eigenvalue weighted by Gasteiger charge is 2.39. The maximum Gasteiger partial charge on any atom is 0.501 e. The smallest absolute Gasteiger partial charge is 0.376 e. The molecule has 0 radical (unpaired) electrons. The monoisotopic (exact) mass is 278 g/mol. The second-order valence-corrected chi connectivity index (χ2v) is 6.85. The van der Waals surface area contributed by atoms with Crippen molar-refractivity contribution in [2.24, 2.45) is 0 Å². The molecule has 1 aliphatic heterocycles. The van der Waals surface area contributed by atoms with Gasteiger partial charge in [0.25, 0.3) is 0 Å². The van der Waals surface area contributed by atoms with Crippen LogP contribution in [0.25, 0.3) is 0 Å². The van der Waals surface area contributed by atoms with Gasteiger partial charge in [0.2, 0.25) is 0 Å². The minimum atomic E-state index is -2.47. The van der Waals surface area contributed by atoms with Crippen LogP contribution in [0.3, 0.4) is 0 Å². The summed E-state index contributed by atoms with van der Waals surface area (Å²) >= 11 is 0. The van der Waals surface area contributed by atoms with E-state index >= 15 is 0 Å². The van der Waals surface area contributed by atoms with Crippen LogP contribution in [0, 0.1) is 0 Å². The van der Waals surface area contributed by atoms with Crippen molar-refractivity contribution in [3.63, 3.8) is 0 Å². The van der Waals surface area contributed by atoms with E-state index in [9.17, 15) is 0 Å². The number of ether oxygens (including phenoxy) is 2. The molecule has 1 fully saturated rings. The Labute approximate surface area is 111 Å². The molecule has 0 aliphatic carbocycles. The molecule has 0 aromatic heterocycles. The third-order valence-electron chi connectivity index (χ3n) is 2.68. The van der Waals surface area contributed by atoms with Crippen LogP contribution in [0.2, 0.25) is 6.04 Å². The topological polar surface area (TPSA) is 46.2 Å². The van der Waals surface area contributed by atoms with Crippen molar-refractivity contribution >= 4 is 8.80 Å². The zero-order chi connectivity index (χ0) is 13.3. The van der Waals surface area contributed by atoms with Crippen LogP contribution in [0.5, 0.6) is 0 Å². The van der Waals surface area contributed by atoms with Gasteiger partial charge in [-0.25, -0.2) is 0 Å². The lowest BCUT2D eigenvalue weighted by atomic mass is 10.3. The maximum atomic E-state index is 5.77. The molecule has 1 heterocycles. The van der Waals surface area contributed by atoms with Crippen LogP contribution < -0.4 is 0 Å². The molecule has 0 atom stereocenters. The summed E-state index contributed by atoms with van der Waals surface area (Å²) in [6, 6.07) is 0.816. The van der Waals surface area contributed by atoms with E-state index in [1.807, 2.05) is 20.8 Å². The molecule has 1 rings (SSSR count). The molecule has 0 aromatic rings. The summed E-state index contributed by atoms with van der Waals surface area (Å²) in [7, 11) is -2.47. The van der Waals surface area contributed by atoms with Crippen molar-refractivity contribution < 1.29 is 22.8 Å². The first-order chi connectivity index (χ1) is 8.76. The lowest BCUT2D eigenvalue weighted by Gasteiger charge is -2.29. The van der Waals surface area contributed by atoms with Gasteiger partial charge in [-0.3, -0.25) is 0 Å². The van der Waals surface area contributed by atoms with Gasteiger partial charge in [-0.1, -0.05) is 0 Å². The molecule has 0 saturated carbocycles. The number of hydrogen-bond acceptors (Lipinski definition) is 5. The van der Waals surface area contributed by atoms with Gasteiger partial charge < -0.3 is 22.8 Å². The van der Waals surface area contributed by atoms with Gasteiger partial charge in [-0.2, -0.15) is 0 Å². The van der Waals surface area contributed by atoms with E-state index in [2.05, 4.69) is 0 Å². The van der Waals surface area contributed by atoms with Gasteiger partial charge in [-0.15, -0.1) is 0 Å². The second-order valence-electron chi connectivity index (χ2n) is 4.12. The van der Waals surface area contributed by atoms with Gasteiger partial charge in [0.05, 0.1) is 13.2 Å². The summed E-state index contributed by atoms with van der Waals surface area (Å²) in [5.74, 6) is 0. The second kappa shape index (κ2) is 9.01. The third-order valence-corrected chi connectivity index (χ3v) is 5.83. The summed E-state index contributed by atoms with van der Waals surface area (Å²) in [5, 5.41) is 0. The normalized spacial score (nSPS) is 16.8. The van der Waals surface area contributed by atoms with Gasteiger partial charge in [0.15, 0.2) is 0 Å². The van der Waals surface area contributed by atoms with Crippen molar-refractivity contribution in [3.8, 4) is 0 Å². The van der Waals surface area contributed by atoms with Crippen molar-refractivity contribution in [2.75, 3.05) is 39.6 Å². The van der Waals surface area contributed by atoms with Crippen LogP contribution >= 0.6 is 0 Å². The zero-order valence-corrected chi connectivity index (χ0v) is 12.8. The molecule has 0 spiro atoms. The summed E-state index contributed by atoms with van der Waals surface area (Å²) in [6.07, 6.45) is 1.19. The van der Waals surface area contributed by atoms with Crippen LogP contribution in [-0.2, 0) is 22.8 Å². The Bertz CT molecular complexity index is 194. The Morgan fingerprint density at radius 2 is 1.56 bits per heavy atom. The average molecular weight is 278 g/mol. The molecule has 1 saturated heterocycles. The standard InChI is InChI=1S/C12H26O5Si/c1-4-15-18(16-5-2,17-6-3)9-7-8-14-12-10-13-11-12/h12H,4-11H2,1-3H3. The van der Waals surface area contributed by atoms with E-state index in [-0.39, 0.29) is 6.10 Å². The van der Waals surface area contributed by atoms with Crippen LogP contribution in [0.1, 0.15) is 27.2 Å². The Hall–Kier alpha value is 0.0169. The van der Waals surface area contributed by atoms with E-state index in [0.29, 0.717) is 19.8 Å². The molecule has 5 nitrogen and oxygen atoms in total. The SMILES string of the molecule is CCO[Si](CCCOC1COC1)(OCC)OCC. The van der Waals surface area contributed by atoms with Crippen molar-refractivity contribution in [1.82, 2.24) is 0 Å². The molecule has 18 heavy (non-hydrogen) atoms. The molecule has 1 aliphatic rings. The lowest BCUT2D eigenvalue weighted by Crippen LogP contribution is -2.46. The molecule has 108 valence electrons. The first-order valence-corrected chi connectivity index (χ1v) is 8.80. The molecular weight excluding hydrogens is 252 g/mol. The summed E-state index contributed by atoms with van der Waals surface area (Å²) in [4.78, 5) is 0. The van der Waals surface area contributed by atoms with E-state index < -0.39 is 8.80 Å². The molecule has 6 heteroatoms. The minimum absolute atomic E-state index is 0.285. The van der Waals surface area contributed by atoms with E-state index in [1.54, 1.807) is 0 Å². The summed E-state index contributed by atoms with van der Waals surface area (Å²) in [6.45, 7) is 9.98. The minimum Gasteiger partial charge on any atom is -0.376 e. The fourth-order valence-corrected chi connectivity index (χ4v) is 4.43. The fourth-order valence-electron chi connectivity index (χ4n) is 1.85. The van der Waals surface area contributed by atoms with E-state index in [4.69, 9.17) is 22.8 Å². The molecule has 0 amide bonds. The maximum absolute atomic E-state index is 5.77. The largest absolute Gasteiger partial charge is 0.501 e. The number of rotatable bonds is 11. The van der Waals surface area contributed by atoms with E-state index in [1.165, 1.54) is 0 Å². The Morgan fingerprint density at radius 1 is 1.00 bits per heavy atom. The summed E-state index contributed by atoms with van der Waals surface area (Å²) in [5.41, 5.74) is 0. The number of hydrogen-bond donors (Lipinski definition) is 0. The van der Waals surface area contributed by atoms with Crippen LogP contribution in [-0.4, -0.2) is 54.5 Å². The summed E-state index contributed by atoms with van der Waals surface area (Å²) < 4.78 is 28.0. The molecular formula is C12H26O5Si. The molecule has 0 N–H and O–H groups in total. The third kappa shape index (κ3) is 5.34. The fraction of sp³-hybridized carbons (Fsp3) is 1.00. The van der Waals surface area contributed by atoms with E-state index in [0.717, 1.165) is 32.3 Å². The highest BCUT2D eigenvalue weighted by Crippen LogP contribution is 2.18. The van der Waals surface area contributed by atoms with Gasteiger partial charge in [-0.05, 0) is 27.2 Å². The van der Waals surface area contributed by atoms with Crippen LogP contribution in [0.4, 0.5) is 0 Å². The molecule has 0 aromatic carbocycles. The highest BCUT2D eigenvalue weighted by molar-refractivity contribution is 6.60. The molecule has 0 unspecified atom stereocenters.